The van der Waals surface area contributed by atoms with Crippen molar-refractivity contribution in [2.75, 3.05) is 26.9 Å². The molecule has 0 aliphatic carbocycles. The van der Waals surface area contributed by atoms with Crippen LogP contribution in [0.25, 0.3) is 0 Å². The lowest BCUT2D eigenvalue weighted by molar-refractivity contribution is -0.139. The summed E-state index contributed by atoms with van der Waals surface area (Å²) in [6.45, 7) is 6.66. The van der Waals surface area contributed by atoms with Crippen LogP contribution < -0.4 is 10.6 Å². The van der Waals surface area contributed by atoms with E-state index in [0.717, 1.165) is 0 Å². The van der Waals surface area contributed by atoms with Crippen LogP contribution in [-0.4, -0.2) is 55.6 Å². The molecule has 0 aliphatic heterocycles. The molecule has 0 radical (unpaired) electrons. The molecular weight excluding hydrogens is 252 g/mol. The highest BCUT2D eigenvalue weighted by atomic mass is 16.5. The van der Waals surface area contributed by atoms with Crippen LogP contribution in [0.3, 0.4) is 0 Å². The standard InChI is InChI=1S/C12H24N2O5/c1-5-19-12(2,3)8-13-11(17)14-9(10(15)16)6-7-18-4/h9H,5-8H2,1-4H3,(H,15,16)(H2,13,14,17). The number of carboxylic acids is 1. The van der Waals surface area contributed by atoms with Gasteiger partial charge in [0.1, 0.15) is 6.04 Å². The molecule has 0 bridgehead atoms. The second kappa shape index (κ2) is 8.71. The number of urea groups is 1. The van der Waals surface area contributed by atoms with E-state index in [4.69, 9.17) is 14.6 Å². The van der Waals surface area contributed by atoms with E-state index < -0.39 is 23.6 Å². The van der Waals surface area contributed by atoms with Gasteiger partial charge in [-0.25, -0.2) is 9.59 Å². The molecule has 0 spiro atoms. The Morgan fingerprint density at radius 2 is 2.00 bits per heavy atom. The Labute approximate surface area is 113 Å². The molecule has 1 unspecified atom stereocenters. The first-order valence-electron chi connectivity index (χ1n) is 6.22. The number of rotatable bonds is 9. The first-order chi connectivity index (χ1) is 8.82. The van der Waals surface area contributed by atoms with Crippen molar-refractivity contribution in [3.63, 3.8) is 0 Å². The third-order valence-corrected chi connectivity index (χ3v) is 2.42. The summed E-state index contributed by atoms with van der Waals surface area (Å²) in [5.74, 6) is -1.09. The summed E-state index contributed by atoms with van der Waals surface area (Å²) in [6, 6.07) is -1.49. The Bertz CT molecular complexity index is 294. The molecule has 0 saturated heterocycles. The number of hydrogen-bond donors (Lipinski definition) is 3. The molecule has 7 heteroatoms. The van der Waals surface area contributed by atoms with Crippen LogP contribution >= 0.6 is 0 Å². The number of amides is 2. The molecule has 0 saturated carbocycles. The fourth-order valence-electron chi connectivity index (χ4n) is 1.44. The molecule has 1 atom stereocenters. The van der Waals surface area contributed by atoms with Crippen LogP contribution in [0.2, 0.25) is 0 Å². The fraction of sp³-hybridized carbons (Fsp3) is 0.833. The Balaban J connectivity index is 4.16. The summed E-state index contributed by atoms with van der Waals surface area (Å²) < 4.78 is 10.2. The number of carbonyl (C=O) groups excluding carboxylic acids is 1. The zero-order valence-electron chi connectivity index (χ0n) is 12.0. The lowest BCUT2D eigenvalue weighted by Crippen LogP contribution is -2.50. The summed E-state index contributed by atoms with van der Waals surface area (Å²) in [5.41, 5.74) is -0.489. The normalized spacial score (nSPS) is 12.8. The minimum absolute atomic E-state index is 0.216. The maximum atomic E-state index is 11.6. The molecule has 2 amide bonds. The second-order valence-corrected chi connectivity index (χ2v) is 4.69. The maximum Gasteiger partial charge on any atom is 0.326 e. The summed E-state index contributed by atoms with van der Waals surface area (Å²) >= 11 is 0. The van der Waals surface area contributed by atoms with Gasteiger partial charge in [-0.15, -0.1) is 0 Å². The zero-order chi connectivity index (χ0) is 14.9. The van der Waals surface area contributed by atoms with Gasteiger partial charge >= 0.3 is 12.0 Å². The van der Waals surface area contributed by atoms with Crippen molar-refractivity contribution in [3.05, 3.63) is 0 Å². The van der Waals surface area contributed by atoms with Crippen molar-refractivity contribution in [2.24, 2.45) is 0 Å². The molecular formula is C12H24N2O5. The molecule has 0 aliphatic rings. The lowest BCUT2D eigenvalue weighted by Gasteiger charge is -2.25. The summed E-state index contributed by atoms with van der Waals surface area (Å²) in [6.07, 6.45) is 0.216. The topological polar surface area (TPSA) is 96.9 Å². The quantitative estimate of drug-likeness (QED) is 0.572. The maximum absolute atomic E-state index is 11.6. The lowest BCUT2D eigenvalue weighted by atomic mass is 10.1. The van der Waals surface area contributed by atoms with E-state index >= 15 is 0 Å². The van der Waals surface area contributed by atoms with E-state index in [1.807, 2.05) is 20.8 Å². The van der Waals surface area contributed by atoms with Gasteiger partial charge in [-0.2, -0.15) is 0 Å². The Morgan fingerprint density at radius 1 is 1.37 bits per heavy atom. The van der Waals surface area contributed by atoms with Crippen molar-refractivity contribution >= 4 is 12.0 Å². The average molecular weight is 276 g/mol. The van der Waals surface area contributed by atoms with Crippen molar-refractivity contribution in [1.82, 2.24) is 10.6 Å². The molecule has 0 aromatic carbocycles. The highest BCUT2D eigenvalue weighted by molar-refractivity contribution is 5.82. The minimum atomic E-state index is -1.09. The third kappa shape index (κ3) is 8.39. The highest BCUT2D eigenvalue weighted by Crippen LogP contribution is 2.06. The van der Waals surface area contributed by atoms with Gasteiger partial charge in [0.25, 0.3) is 0 Å². The molecule has 0 aromatic rings. The summed E-state index contributed by atoms with van der Waals surface area (Å²) in [4.78, 5) is 22.5. The average Bonchev–Trinajstić information content (AvgIpc) is 2.31. The van der Waals surface area contributed by atoms with E-state index in [1.165, 1.54) is 7.11 Å². The number of carbonyl (C=O) groups is 2. The van der Waals surface area contributed by atoms with Crippen molar-refractivity contribution in [1.29, 1.82) is 0 Å². The van der Waals surface area contributed by atoms with E-state index in [-0.39, 0.29) is 13.0 Å². The number of carboxylic acid groups (broad SMARTS) is 1. The summed E-state index contributed by atoms with van der Waals surface area (Å²) in [5, 5.41) is 13.9. The molecule has 0 heterocycles. The highest BCUT2D eigenvalue weighted by Gasteiger charge is 2.22. The molecule has 3 N–H and O–H groups in total. The van der Waals surface area contributed by atoms with Crippen LogP contribution in [-0.2, 0) is 14.3 Å². The Kier molecular flexibility index (Phi) is 8.09. The molecule has 7 nitrogen and oxygen atoms in total. The summed E-state index contributed by atoms with van der Waals surface area (Å²) in [7, 11) is 1.48. The van der Waals surface area contributed by atoms with Crippen molar-refractivity contribution in [2.45, 2.75) is 38.8 Å². The predicted octanol–water partition coefficient (Wildman–Crippen LogP) is 0.590. The largest absolute Gasteiger partial charge is 0.480 e. The van der Waals surface area contributed by atoms with Crippen LogP contribution in [0.15, 0.2) is 0 Å². The van der Waals surface area contributed by atoms with Crippen LogP contribution in [0, 0.1) is 0 Å². The Morgan fingerprint density at radius 3 is 2.47 bits per heavy atom. The van der Waals surface area contributed by atoms with Gasteiger partial charge in [0.05, 0.1) is 5.60 Å². The molecule has 0 aromatic heterocycles. The van der Waals surface area contributed by atoms with E-state index in [0.29, 0.717) is 13.2 Å². The first-order valence-corrected chi connectivity index (χ1v) is 6.22. The van der Waals surface area contributed by atoms with Crippen LogP contribution in [0.5, 0.6) is 0 Å². The third-order valence-electron chi connectivity index (χ3n) is 2.42. The van der Waals surface area contributed by atoms with Gasteiger partial charge in [0.2, 0.25) is 0 Å². The van der Waals surface area contributed by atoms with E-state index in [9.17, 15) is 9.59 Å². The zero-order valence-corrected chi connectivity index (χ0v) is 12.0. The van der Waals surface area contributed by atoms with Gasteiger partial charge in [-0.3, -0.25) is 0 Å². The SMILES string of the molecule is CCOC(C)(C)CNC(=O)NC(CCOC)C(=O)O. The smallest absolute Gasteiger partial charge is 0.326 e. The number of nitrogens with one attached hydrogen (secondary N) is 2. The fourth-order valence-corrected chi connectivity index (χ4v) is 1.44. The second-order valence-electron chi connectivity index (χ2n) is 4.69. The van der Waals surface area contributed by atoms with Crippen molar-refractivity contribution < 1.29 is 24.2 Å². The van der Waals surface area contributed by atoms with Gasteiger partial charge < -0.3 is 25.2 Å². The Hall–Kier alpha value is -1.34. The first kappa shape index (κ1) is 17.7. The van der Waals surface area contributed by atoms with Gasteiger partial charge in [-0.05, 0) is 20.8 Å². The monoisotopic (exact) mass is 276 g/mol. The van der Waals surface area contributed by atoms with E-state index in [1.54, 1.807) is 0 Å². The molecule has 19 heavy (non-hydrogen) atoms. The van der Waals surface area contributed by atoms with Gasteiger partial charge in [0, 0.05) is 33.3 Å². The number of methoxy groups -OCH3 is 1. The minimum Gasteiger partial charge on any atom is -0.480 e. The molecule has 0 fully saturated rings. The van der Waals surface area contributed by atoms with Gasteiger partial charge in [-0.1, -0.05) is 0 Å². The van der Waals surface area contributed by atoms with E-state index in [2.05, 4.69) is 10.6 Å². The molecule has 112 valence electrons. The number of ether oxygens (including phenoxy) is 2. The molecule has 0 rings (SSSR count). The van der Waals surface area contributed by atoms with Crippen LogP contribution in [0.4, 0.5) is 4.79 Å². The van der Waals surface area contributed by atoms with Crippen molar-refractivity contribution in [3.8, 4) is 0 Å². The predicted molar refractivity (Wildman–Crippen MR) is 70.2 cm³/mol. The number of aliphatic carboxylic acids is 1. The van der Waals surface area contributed by atoms with Crippen LogP contribution in [0.1, 0.15) is 27.2 Å². The van der Waals surface area contributed by atoms with Gasteiger partial charge in [0.15, 0.2) is 0 Å². The number of hydrogen-bond acceptors (Lipinski definition) is 4.